The molecule has 5 amide bonds. The molecule has 0 spiro atoms. The average molecular weight is 1790 g/mol. The number of rotatable bonds is 19. The van der Waals surface area contributed by atoms with Crippen molar-refractivity contribution in [2.75, 3.05) is 130 Å². The van der Waals surface area contributed by atoms with Crippen LogP contribution in [0.4, 0.5) is 0 Å². The number of hydrogen-bond donors (Lipinski definition) is 8. The van der Waals surface area contributed by atoms with Gasteiger partial charge in [0.25, 0.3) is 29.5 Å². The Kier molecular flexibility index (Phi) is 44.3. The predicted molar refractivity (Wildman–Crippen MR) is 515 cm³/mol. The number of amides is 5. The van der Waals surface area contributed by atoms with E-state index in [-0.39, 0.29) is 92.7 Å². The molecule has 0 aromatic heterocycles. The van der Waals surface area contributed by atoms with Crippen molar-refractivity contribution < 1.29 is 88.9 Å². The van der Waals surface area contributed by atoms with Gasteiger partial charge in [-0.1, -0.05) is 203 Å². The van der Waals surface area contributed by atoms with Gasteiger partial charge >= 0.3 is 0 Å². The van der Waals surface area contributed by atoms with Crippen LogP contribution in [-0.2, 0) is 24.0 Å². The van der Waals surface area contributed by atoms with Crippen molar-refractivity contribution in [3.05, 3.63) is 298 Å². The summed E-state index contributed by atoms with van der Waals surface area (Å²) in [6, 6.07) is 78.2. The third-order valence-electron chi connectivity index (χ3n) is 22.7. The van der Waals surface area contributed by atoms with Crippen LogP contribution in [0.25, 0.3) is 55.6 Å². The van der Waals surface area contributed by atoms with Gasteiger partial charge in [-0.15, -0.1) is 0 Å². The van der Waals surface area contributed by atoms with E-state index >= 15 is 0 Å². The number of aliphatic hydroxyl groups excluding tert-OH is 7. The molecule has 5 aliphatic rings. The highest BCUT2D eigenvalue weighted by atomic mass is 16.6. The summed E-state index contributed by atoms with van der Waals surface area (Å²) in [7, 11) is 12.4. The Morgan fingerprint density at radius 2 is 0.519 bits per heavy atom. The van der Waals surface area contributed by atoms with Crippen LogP contribution in [0.3, 0.4) is 0 Å². The molecule has 5 aliphatic heterocycles. The first-order valence-electron chi connectivity index (χ1n) is 43.2. The summed E-state index contributed by atoms with van der Waals surface area (Å²) in [4.78, 5) is 86.7. The van der Waals surface area contributed by atoms with Crippen LogP contribution in [-0.4, -0.2) is 278 Å². The Morgan fingerprint density at radius 1 is 0.305 bits per heavy atom. The molecule has 5 atom stereocenters. The van der Waals surface area contributed by atoms with Crippen molar-refractivity contribution in [2.45, 2.75) is 103 Å². The molecule has 0 saturated carbocycles. The molecule has 131 heavy (non-hydrogen) atoms. The second-order valence-corrected chi connectivity index (χ2v) is 31.2. The zero-order valence-corrected chi connectivity index (χ0v) is 77.5. The average Bonchev–Trinajstić information content (AvgIpc) is 1.77. The molecule has 10 aromatic rings. The maximum absolute atomic E-state index is 13.0. The van der Waals surface area contributed by atoms with Crippen LogP contribution >= 0.6 is 0 Å². The minimum absolute atomic E-state index is 0.00955. The molecule has 5 fully saturated rings. The standard InChI is InChI=1S/C21H24N2O3.2C20H22N2O3.C19H20N2O3.C19H21NO2.C2H6O.3CH4O/c1-15-6-4-5-7-20(15)16-8-10-17(11-9-16)21(24)23-13-18(22-26-3)12-19(23)14-25-2;2*1-14-5-3-4-6-19(14)15-7-9-16(10-8-15)20(24)22-12-17(21-25-2)11-18(22)13-23;1-13-4-2-3-5-18(13)14-6-8-15(9-7-14)19(23)21-11-16(20-24)10-17(21)12-22;1-14-5-2-3-7-18(14)15-8-10-16(11-9-15)19(22)20-12-4-6-17(20)13-21;1-3-2;3*1-2/h4-11,19H,12-14H2,1-3H3;2*3-10,18,23H,11-13H2,1-2H3;2-9,17,22,24H,10-12H2,1H3;2-3,5,7-11,17,21H,4,6,12-13H2,1H3;1-2H3;3*2H,1H3/b22-18-;2*21-17-;20-16-;;;;;/t19-;2*18-;2*17-;;;;/m00000..../s1. The van der Waals surface area contributed by atoms with Gasteiger partial charge < -0.3 is 89.4 Å². The number of oxime groups is 4. The summed E-state index contributed by atoms with van der Waals surface area (Å²) in [6.07, 6.45) is 4.02. The molecule has 27 nitrogen and oxygen atoms in total. The lowest BCUT2D eigenvalue weighted by Crippen LogP contribution is -2.38. The van der Waals surface area contributed by atoms with E-state index in [1.807, 2.05) is 175 Å². The normalized spacial score (nSPS) is 17.5. The van der Waals surface area contributed by atoms with E-state index in [1.165, 1.54) is 60.3 Å². The number of ether oxygens (including phenoxy) is 2. The summed E-state index contributed by atoms with van der Waals surface area (Å²) < 4.78 is 9.52. The van der Waals surface area contributed by atoms with E-state index < -0.39 is 0 Å². The molecule has 696 valence electrons. The van der Waals surface area contributed by atoms with Crippen molar-refractivity contribution in [3.63, 3.8) is 0 Å². The Hall–Kier alpha value is -12.9. The number of aryl methyl sites for hydroxylation is 5. The lowest BCUT2D eigenvalue weighted by Gasteiger charge is -2.23. The fourth-order valence-corrected chi connectivity index (χ4v) is 16.1. The molecule has 0 unspecified atom stereocenters. The number of hydrogen-bond acceptors (Lipinski definition) is 22. The minimum atomic E-state index is -0.334. The smallest absolute Gasteiger partial charge is 0.254 e. The predicted octanol–water partition coefficient (Wildman–Crippen LogP) is 14.3. The third-order valence-corrected chi connectivity index (χ3v) is 22.7. The van der Waals surface area contributed by atoms with Gasteiger partial charge in [-0.25, -0.2) is 0 Å². The fraction of sp³-hybridized carbons (Fsp3) is 0.337. The van der Waals surface area contributed by atoms with Gasteiger partial charge in [0.05, 0.1) is 112 Å². The van der Waals surface area contributed by atoms with E-state index in [9.17, 15) is 44.4 Å². The van der Waals surface area contributed by atoms with E-state index in [2.05, 4.69) is 121 Å². The van der Waals surface area contributed by atoms with Crippen LogP contribution in [0, 0.1) is 34.6 Å². The SMILES string of the molecule is CO.CO.CO.CO/N=C1/C[C@@H](CO)N(C(=O)c2ccc(-c3ccccc3C)cc2)C1.CO/N=C1/C[C@@H](CO)N(C(=O)c2ccc(-c3ccccc3C)cc2)C1.COC.COC[C@@H]1C/C(=N/OC)CN1C(=O)c1ccc(-c2ccccc2C)cc1.Cc1ccccc1-c1ccc(C(=O)N2C/C(=N\O)C[C@H]2CO)cc1.Cc1ccccc1-c1ccc(C(=O)N2CCC[C@H]2CO)cc1. The molecule has 0 radical (unpaired) electrons. The van der Waals surface area contributed by atoms with Gasteiger partial charge in [0, 0.05) is 103 Å². The Bertz CT molecular complexity index is 5230. The molecule has 15 rings (SSSR count). The molecule has 0 aliphatic carbocycles. The highest BCUT2D eigenvalue weighted by molar-refractivity contribution is 6.04. The molecule has 5 heterocycles. The zero-order valence-electron chi connectivity index (χ0n) is 77.5. The second-order valence-electron chi connectivity index (χ2n) is 31.2. The number of benzene rings is 10. The molecule has 5 saturated heterocycles. The Morgan fingerprint density at radius 3 is 0.740 bits per heavy atom. The number of carbonyl (C=O) groups excluding carboxylic acids is 5. The molecular weight excluding hydrogens is 1660 g/mol. The lowest BCUT2D eigenvalue weighted by atomic mass is 9.99. The quantitative estimate of drug-likeness (QED) is 0.0275. The zero-order chi connectivity index (χ0) is 95.5. The summed E-state index contributed by atoms with van der Waals surface area (Å²) in [5, 5.41) is 82.9. The van der Waals surface area contributed by atoms with Crippen molar-refractivity contribution >= 4 is 52.4 Å². The van der Waals surface area contributed by atoms with Crippen molar-refractivity contribution in [3.8, 4) is 55.6 Å². The molecule has 27 heteroatoms. The van der Waals surface area contributed by atoms with Crippen LogP contribution in [0.5, 0.6) is 0 Å². The van der Waals surface area contributed by atoms with Crippen molar-refractivity contribution in [1.82, 2.24) is 24.5 Å². The highest BCUT2D eigenvalue weighted by Crippen LogP contribution is 2.33. The minimum Gasteiger partial charge on any atom is -0.411 e. The Labute approximate surface area is 769 Å². The number of likely N-dealkylation sites (tertiary alicyclic amines) is 5. The summed E-state index contributed by atoms with van der Waals surface area (Å²) in [5.41, 5.74) is 23.3. The van der Waals surface area contributed by atoms with Gasteiger partial charge in [-0.2, -0.15) is 0 Å². The van der Waals surface area contributed by atoms with Gasteiger partial charge in [0.15, 0.2) is 0 Å². The topological polar surface area (TPSA) is 359 Å². The van der Waals surface area contributed by atoms with Crippen molar-refractivity contribution in [2.24, 2.45) is 20.6 Å². The number of aliphatic hydroxyl groups is 7. The summed E-state index contributed by atoms with van der Waals surface area (Å²) >= 11 is 0. The highest BCUT2D eigenvalue weighted by Gasteiger charge is 2.38. The maximum Gasteiger partial charge on any atom is 0.254 e. The second kappa shape index (κ2) is 55.2. The lowest BCUT2D eigenvalue weighted by molar-refractivity contribution is 0.0630. The van der Waals surface area contributed by atoms with E-state index in [0.717, 1.165) is 102 Å². The first-order valence-corrected chi connectivity index (χ1v) is 43.2. The first kappa shape index (κ1) is 105. The first-order chi connectivity index (χ1) is 63.7. The number of carbonyl (C=O) groups is 5. The molecule has 0 bridgehead atoms. The third kappa shape index (κ3) is 28.8. The van der Waals surface area contributed by atoms with Gasteiger partial charge in [-0.05, 0) is 192 Å². The molecular formula is C104H127N9O18. The van der Waals surface area contributed by atoms with Gasteiger partial charge in [0.1, 0.15) is 21.3 Å². The number of methoxy groups -OCH3 is 2. The molecule has 10 aromatic carbocycles. The number of nitrogens with zero attached hydrogens (tertiary/aromatic N) is 9. The van der Waals surface area contributed by atoms with Crippen LogP contribution in [0.1, 0.15) is 118 Å². The van der Waals surface area contributed by atoms with Gasteiger partial charge in [-0.3, -0.25) is 24.0 Å². The fourth-order valence-electron chi connectivity index (χ4n) is 16.1. The Balaban J connectivity index is 0.000000219. The van der Waals surface area contributed by atoms with Crippen LogP contribution < -0.4 is 0 Å². The molecule has 8 N–H and O–H groups in total. The largest absolute Gasteiger partial charge is 0.411 e. The van der Waals surface area contributed by atoms with E-state index in [1.54, 1.807) is 53.1 Å². The maximum atomic E-state index is 13.0. The summed E-state index contributed by atoms with van der Waals surface area (Å²) in [5.74, 6) is -0.352. The van der Waals surface area contributed by atoms with Gasteiger partial charge in [0.2, 0.25) is 0 Å². The summed E-state index contributed by atoms with van der Waals surface area (Å²) in [6.45, 7) is 12.8. The van der Waals surface area contributed by atoms with E-state index in [0.29, 0.717) is 85.5 Å². The van der Waals surface area contributed by atoms with Crippen LogP contribution in [0.2, 0.25) is 0 Å². The van der Waals surface area contributed by atoms with Crippen molar-refractivity contribution in [1.29, 1.82) is 0 Å². The monoisotopic (exact) mass is 1790 g/mol. The van der Waals surface area contributed by atoms with E-state index in [4.69, 9.17) is 39.8 Å². The van der Waals surface area contributed by atoms with Crippen LogP contribution in [0.15, 0.2) is 263 Å².